The molecule has 0 aliphatic rings. The Morgan fingerprint density at radius 1 is 1.23 bits per heavy atom. The molecule has 0 aliphatic carbocycles. The topological polar surface area (TPSA) is 74.0 Å². The predicted octanol–water partition coefficient (Wildman–Crippen LogP) is 4.29. The van der Waals surface area contributed by atoms with E-state index in [1.807, 2.05) is 36.8 Å². The van der Waals surface area contributed by atoms with Crippen molar-refractivity contribution in [3.05, 3.63) is 53.1 Å². The molecule has 7 nitrogen and oxygen atoms in total. The van der Waals surface area contributed by atoms with Gasteiger partial charge in [0.05, 0.1) is 22.8 Å². The molecule has 0 saturated heterocycles. The van der Waals surface area contributed by atoms with Crippen LogP contribution in [0.3, 0.4) is 0 Å². The summed E-state index contributed by atoms with van der Waals surface area (Å²) in [6, 6.07) is 3.99. The van der Waals surface area contributed by atoms with E-state index in [9.17, 15) is 0 Å². The highest BCUT2D eigenvalue weighted by molar-refractivity contribution is 7.14. The Bertz CT molecular complexity index is 1150. The third kappa shape index (κ3) is 2.39. The monoisotopic (exact) mass is 382 g/mol. The van der Waals surface area contributed by atoms with Crippen molar-refractivity contribution in [1.29, 1.82) is 0 Å². The van der Waals surface area contributed by atoms with Crippen molar-refractivity contribution in [2.45, 2.75) is 19.9 Å². The quantitative estimate of drug-likeness (QED) is 0.464. The van der Waals surface area contributed by atoms with E-state index in [0.717, 1.165) is 32.8 Å². The highest BCUT2D eigenvalue weighted by Crippen LogP contribution is 2.32. The van der Waals surface area contributed by atoms with Gasteiger partial charge in [-0.3, -0.25) is 0 Å². The lowest BCUT2D eigenvalue weighted by Crippen LogP contribution is -2.08. The standard InChI is InChI=1S/C17H14N6OS2/c1-10(12-8-23-17(20-12)26-9-19-23)22-6-5-18-15(22)14-11(2)24-16(21-14)13-4-3-7-25-13/h3-10H,1-2H3/t10-/m0/s1. The van der Waals surface area contributed by atoms with Crippen LogP contribution in [0, 0.1) is 6.92 Å². The molecule has 0 amide bonds. The van der Waals surface area contributed by atoms with Crippen molar-refractivity contribution in [1.82, 2.24) is 29.1 Å². The Kier molecular flexibility index (Phi) is 3.50. The van der Waals surface area contributed by atoms with Gasteiger partial charge in [-0.05, 0) is 25.3 Å². The first-order valence-electron chi connectivity index (χ1n) is 8.04. The van der Waals surface area contributed by atoms with E-state index in [1.54, 1.807) is 27.6 Å². The average molecular weight is 382 g/mol. The number of fused-ring (bicyclic) bond motifs is 1. The lowest BCUT2D eigenvalue weighted by molar-refractivity contribution is 0.543. The van der Waals surface area contributed by atoms with Crippen molar-refractivity contribution >= 4 is 27.6 Å². The minimum atomic E-state index is 0.00249. The molecule has 0 aliphatic heterocycles. The molecule has 9 heteroatoms. The summed E-state index contributed by atoms with van der Waals surface area (Å²) in [6.07, 6.45) is 5.67. The van der Waals surface area contributed by atoms with Gasteiger partial charge >= 0.3 is 0 Å². The SMILES string of the molecule is Cc1oc(-c2cccs2)nc1-c1nccn1[C@@H](C)c1cn2ncsc2n1. The number of thiophene rings is 1. The second-order valence-corrected chi connectivity index (χ2v) is 7.63. The number of hydrogen-bond acceptors (Lipinski definition) is 7. The normalized spacial score (nSPS) is 12.8. The van der Waals surface area contributed by atoms with Crippen molar-refractivity contribution in [3.8, 4) is 22.3 Å². The van der Waals surface area contributed by atoms with Crippen molar-refractivity contribution in [2.24, 2.45) is 0 Å². The number of aromatic nitrogens is 6. The molecule has 0 saturated carbocycles. The van der Waals surface area contributed by atoms with E-state index in [2.05, 4.69) is 31.5 Å². The molecule has 0 spiro atoms. The summed E-state index contributed by atoms with van der Waals surface area (Å²) in [5.41, 5.74) is 3.47. The van der Waals surface area contributed by atoms with E-state index in [0.29, 0.717) is 5.89 Å². The minimum absolute atomic E-state index is 0.00249. The predicted molar refractivity (Wildman–Crippen MR) is 100 cm³/mol. The maximum atomic E-state index is 5.88. The fourth-order valence-corrected chi connectivity index (χ4v) is 4.18. The molecule has 0 N–H and O–H groups in total. The fourth-order valence-electron chi connectivity index (χ4n) is 2.92. The fraction of sp³-hybridized carbons (Fsp3) is 0.176. The highest BCUT2D eigenvalue weighted by Gasteiger charge is 2.22. The molecular formula is C17H14N6OS2. The first-order valence-corrected chi connectivity index (χ1v) is 9.80. The molecular weight excluding hydrogens is 368 g/mol. The summed E-state index contributed by atoms with van der Waals surface area (Å²) in [5.74, 6) is 2.15. The summed E-state index contributed by atoms with van der Waals surface area (Å²) in [5, 5.41) is 6.26. The van der Waals surface area contributed by atoms with Crippen LogP contribution in [0.1, 0.15) is 24.4 Å². The van der Waals surface area contributed by atoms with Crippen LogP contribution in [-0.4, -0.2) is 29.1 Å². The van der Waals surface area contributed by atoms with Gasteiger partial charge in [-0.25, -0.2) is 19.5 Å². The number of rotatable bonds is 4. The summed E-state index contributed by atoms with van der Waals surface area (Å²) >= 11 is 3.12. The summed E-state index contributed by atoms with van der Waals surface area (Å²) in [7, 11) is 0. The molecule has 0 radical (unpaired) electrons. The number of aryl methyl sites for hydroxylation is 1. The van der Waals surface area contributed by atoms with E-state index < -0.39 is 0 Å². The van der Waals surface area contributed by atoms with Crippen LogP contribution in [0.5, 0.6) is 0 Å². The van der Waals surface area contributed by atoms with Gasteiger partial charge in [0.2, 0.25) is 10.9 Å². The first kappa shape index (κ1) is 15.5. The molecule has 0 aromatic carbocycles. The summed E-state index contributed by atoms with van der Waals surface area (Å²) in [4.78, 5) is 15.8. The Morgan fingerprint density at radius 3 is 2.96 bits per heavy atom. The zero-order chi connectivity index (χ0) is 17.7. The van der Waals surface area contributed by atoms with Crippen molar-refractivity contribution in [2.75, 3.05) is 0 Å². The Morgan fingerprint density at radius 2 is 2.15 bits per heavy atom. The molecule has 0 unspecified atom stereocenters. The molecule has 0 fully saturated rings. The molecule has 5 rings (SSSR count). The van der Waals surface area contributed by atoms with E-state index in [4.69, 9.17) is 4.42 Å². The third-order valence-corrected chi connectivity index (χ3v) is 5.81. The van der Waals surface area contributed by atoms with Gasteiger partial charge < -0.3 is 8.98 Å². The van der Waals surface area contributed by atoms with Crippen LogP contribution >= 0.6 is 22.7 Å². The van der Waals surface area contributed by atoms with Crippen molar-refractivity contribution in [3.63, 3.8) is 0 Å². The van der Waals surface area contributed by atoms with Crippen LogP contribution in [0.25, 0.3) is 27.2 Å². The second kappa shape index (κ2) is 5.89. The zero-order valence-electron chi connectivity index (χ0n) is 14.0. The minimum Gasteiger partial charge on any atom is -0.440 e. The van der Waals surface area contributed by atoms with Crippen LogP contribution in [0.4, 0.5) is 0 Å². The van der Waals surface area contributed by atoms with Gasteiger partial charge in [0.25, 0.3) is 0 Å². The Hall–Kier alpha value is -2.78. The number of nitrogens with zero attached hydrogens (tertiary/aromatic N) is 6. The highest BCUT2D eigenvalue weighted by atomic mass is 32.1. The summed E-state index contributed by atoms with van der Waals surface area (Å²) < 4.78 is 9.74. The molecule has 130 valence electrons. The lowest BCUT2D eigenvalue weighted by atomic mass is 10.2. The smallest absolute Gasteiger partial charge is 0.237 e. The summed E-state index contributed by atoms with van der Waals surface area (Å²) in [6.45, 7) is 4.01. The first-order chi connectivity index (χ1) is 12.7. The van der Waals surface area contributed by atoms with Gasteiger partial charge in [-0.2, -0.15) is 5.10 Å². The van der Waals surface area contributed by atoms with Crippen LogP contribution in [0.15, 0.2) is 46.0 Å². The molecule has 1 atom stereocenters. The maximum Gasteiger partial charge on any atom is 0.237 e. The van der Waals surface area contributed by atoms with E-state index >= 15 is 0 Å². The van der Waals surface area contributed by atoms with Crippen LogP contribution < -0.4 is 0 Å². The van der Waals surface area contributed by atoms with Gasteiger partial charge in [0.1, 0.15) is 17.0 Å². The molecule has 5 aromatic rings. The number of oxazole rings is 1. The van der Waals surface area contributed by atoms with Gasteiger partial charge in [0.15, 0.2) is 5.82 Å². The molecule has 5 aromatic heterocycles. The van der Waals surface area contributed by atoms with Crippen LogP contribution in [-0.2, 0) is 0 Å². The van der Waals surface area contributed by atoms with Gasteiger partial charge in [-0.1, -0.05) is 17.4 Å². The maximum absolute atomic E-state index is 5.88. The second-order valence-electron chi connectivity index (χ2n) is 5.87. The zero-order valence-corrected chi connectivity index (χ0v) is 15.7. The van der Waals surface area contributed by atoms with E-state index in [-0.39, 0.29) is 6.04 Å². The van der Waals surface area contributed by atoms with Crippen molar-refractivity contribution < 1.29 is 4.42 Å². The van der Waals surface area contributed by atoms with Gasteiger partial charge in [0, 0.05) is 12.4 Å². The number of hydrogen-bond donors (Lipinski definition) is 0. The Labute approximate surface area is 156 Å². The van der Waals surface area contributed by atoms with Crippen LogP contribution in [0.2, 0.25) is 0 Å². The Balaban J connectivity index is 1.56. The molecule has 26 heavy (non-hydrogen) atoms. The number of imidazole rings is 2. The molecule has 0 bridgehead atoms. The average Bonchev–Trinajstić information content (AvgIpc) is 3.38. The van der Waals surface area contributed by atoms with Gasteiger partial charge in [-0.15, -0.1) is 11.3 Å². The van der Waals surface area contributed by atoms with E-state index in [1.165, 1.54) is 11.3 Å². The molecule has 5 heterocycles. The lowest BCUT2D eigenvalue weighted by Gasteiger charge is -2.13. The largest absolute Gasteiger partial charge is 0.440 e. The third-order valence-electron chi connectivity index (χ3n) is 4.26.